The zero-order chi connectivity index (χ0) is 21.6. The van der Waals surface area contributed by atoms with Gasteiger partial charge in [0.15, 0.2) is 0 Å². The quantitative estimate of drug-likeness (QED) is 0.757. The van der Waals surface area contributed by atoms with E-state index in [0.29, 0.717) is 31.3 Å². The van der Waals surface area contributed by atoms with Gasteiger partial charge in [-0.1, -0.05) is 6.07 Å². The molecule has 2 aromatic rings. The minimum Gasteiger partial charge on any atom is -0.494 e. The molecule has 2 N–H and O–H groups in total. The van der Waals surface area contributed by atoms with Crippen LogP contribution in [0.4, 0.5) is 11.5 Å². The molecule has 1 saturated heterocycles. The summed E-state index contributed by atoms with van der Waals surface area (Å²) in [6, 6.07) is 12.2. The van der Waals surface area contributed by atoms with Crippen molar-refractivity contribution in [1.82, 2.24) is 15.2 Å². The average molecular weight is 422 g/mol. The van der Waals surface area contributed by atoms with Gasteiger partial charge >= 0.3 is 0 Å². The minimum absolute atomic E-state index is 0.0280. The Labute approximate surface area is 181 Å². The van der Waals surface area contributed by atoms with Crippen LogP contribution in [0.1, 0.15) is 13.3 Å². The first kappa shape index (κ1) is 20.6. The van der Waals surface area contributed by atoms with Crippen LogP contribution in [0.3, 0.4) is 0 Å². The maximum absolute atomic E-state index is 12.7. The Bertz CT molecular complexity index is 939. The van der Waals surface area contributed by atoms with E-state index < -0.39 is 6.04 Å². The van der Waals surface area contributed by atoms with Crippen LogP contribution in [0, 0.1) is 0 Å². The molecule has 0 spiro atoms. The third-order valence-corrected chi connectivity index (χ3v) is 5.20. The summed E-state index contributed by atoms with van der Waals surface area (Å²) in [6.07, 6.45) is 1.81. The van der Waals surface area contributed by atoms with Crippen molar-refractivity contribution in [2.24, 2.45) is 4.99 Å². The molecule has 1 aromatic carbocycles. The van der Waals surface area contributed by atoms with Gasteiger partial charge in [0.1, 0.15) is 17.6 Å². The Morgan fingerprint density at radius 3 is 2.55 bits per heavy atom. The fourth-order valence-electron chi connectivity index (χ4n) is 3.60. The van der Waals surface area contributed by atoms with Gasteiger partial charge in [-0.2, -0.15) is 0 Å². The predicted octanol–water partition coefficient (Wildman–Crippen LogP) is 1.49. The molecule has 3 heterocycles. The second-order valence-corrected chi connectivity index (χ2v) is 7.33. The molecule has 0 radical (unpaired) electrons. The largest absolute Gasteiger partial charge is 0.494 e. The number of nitrogens with zero attached hydrogens (tertiary/aromatic N) is 4. The predicted molar refractivity (Wildman–Crippen MR) is 118 cm³/mol. The van der Waals surface area contributed by atoms with Crippen LogP contribution >= 0.6 is 0 Å². The lowest BCUT2D eigenvalue weighted by Gasteiger charge is -2.38. The van der Waals surface area contributed by atoms with Crippen molar-refractivity contribution in [2.75, 3.05) is 43.0 Å². The summed E-state index contributed by atoms with van der Waals surface area (Å²) in [5, 5.41) is 5.65. The summed E-state index contributed by atoms with van der Waals surface area (Å²) >= 11 is 0. The Morgan fingerprint density at radius 2 is 1.87 bits per heavy atom. The van der Waals surface area contributed by atoms with Crippen LogP contribution in [-0.2, 0) is 9.59 Å². The van der Waals surface area contributed by atoms with E-state index in [0.717, 1.165) is 24.7 Å². The number of nitrogens with one attached hydrogen (secondary N) is 2. The second kappa shape index (κ2) is 9.46. The molecular weight excluding hydrogens is 396 g/mol. The molecule has 1 aromatic heterocycles. The molecule has 9 nitrogen and oxygen atoms in total. The van der Waals surface area contributed by atoms with Gasteiger partial charge in [-0.25, -0.2) is 9.98 Å². The number of guanidine groups is 1. The first-order valence-electron chi connectivity index (χ1n) is 10.4. The molecule has 0 bridgehead atoms. The van der Waals surface area contributed by atoms with Crippen molar-refractivity contribution in [3.63, 3.8) is 0 Å². The molecule has 2 aliphatic heterocycles. The van der Waals surface area contributed by atoms with E-state index in [9.17, 15) is 9.59 Å². The van der Waals surface area contributed by atoms with Gasteiger partial charge in [0, 0.05) is 38.1 Å². The van der Waals surface area contributed by atoms with Crippen LogP contribution in [0.5, 0.6) is 5.75 Å². The Hall–Kier alpha value is -3.62. The Kier molecular flexibility index (Phi) is 6.30. The highest BCUT2D eigenvalue weighted by Crippen LogP contribution is 2.18. The van der Waals surface area contributed by atoms with Crippen molar-refractivity contribution in [2.45, 2.75) is 19.4 Å². The van der Waals surface area contributed by atoms with E-state index in [1.54, 1.807) is 30.5 Å². The lowest BCUT2D eigenvalue weighted by molar-refractivity contribution is -0.125. The Balaban J connectivity index is 1.38. The van der Waals surface area contributed by atoms with Gasteiger partial charge in [-0.05, 0) is 43.3 Å². The van der Waals surface area contributed by atoms with Crippen LogP contribution in [0.15, 0.2) is 53.7 Å². The first-order chi connectivity index (χ1) is 15.1. The zero-order valence-electron chi connectivity index (χ0n) is 17.5. The fourth-order valence-corrected chi connectivity index (χ4v) is 3.60. The number of anilines is 2. The normalized spacial score (nSPS) is 18.8. The maximum Gasteiger partial charge on any atom is 0.249 e. The summed E-state index contributed by atoms with van der Waals surface area (Å²) in [5.74, 6) is 1.63. The molecule has 9 heteroatoms. The number of pyridine rings is 1. The lowest BCUT2D eigenvalue weighted by atomic mass is 10.1. The second-order valence-electron chi connectivity index (χ2n) is 7.33. The number of benzene rings is 1. The minimum atomic E-state index is -0.760. The van der Waals surface area contributed by atoms with E-state index >= 15 is 0 Å². The number of ether oxygens (including phenoxy) is 1. The van der Waals surface area contributed by atoms with Crippen LogP contribution in [0.25, 0.3) is 0 Å². The number of aliphatic imine (C=N–C) groups is 1. The highest BCUT2D eigenvalue weighted by atomic mass is 16.5. The molecule has 1 fully saturated rings. The SMILES string of the molecule is CCOc1ccc(NC(=O)C2CC(=O)NC(N3CCN(c4ccccn4)CC3)=N2)cc1. The lowest BCUT2D eigenvalue weighted by Crippen LogP contribution is -2.56. The molecule has 31 heavy (non-hydrogen) atoms. The summed E-state index contributed by atoms with van der Waals surface area (Å²) in [7, 11) is 0. The van der Waals surface area contributed by atoms with E-state index in [-0.39, 0.29) is 18.2 Å². The molecule has 4 rings (SSSR count). The standard InChI is InChI=1S/C22H26N6O3/c1-2-31-17-8-6-16(7-9-17)24-21(30)18-15-20(29)26-22(25-18)28-13-11-27(12-14-28)19-5-3-4-10-23-19/h3-10,18H,2,11-15H2,1H3,(H,24,30)(H,25,26,29). The van der Waals surface area contributed by atoms with E-state index in [1.807, 2.05) is 30.0 Å². The van der Waals surface area contributed by atoms with Gasteiger partial charge in [-0.3, -0.25) is 14.9 Å². The van der Waals surface area contributed by atoms with Crippen LogP contribution < -0.4 is 20.3 Å². The summed E-state index contributed by atoms with van der Waals surface area (Å²) in [4.78, 5) is 38.1. The third kappa shape index (κ3) is 5.11. The van der Waals surface area contributed by atoms with Crippen LogP contribution in [-0.4, -0.2) is 66.5 Å². The number of piperazine rings is 1. The number of amides is 2. The van der Waals surface area contributed by atoms with E-state index in [1.165, 1.54) is 0 Å². The number of rotatable bonds is 5. The topological polar surface area (TPSA) is 99.2 Å². The van der Waals surface area contributed by atoms with Gasteiger partial charge in [0.2, 0.25) is 17.8 Å². The van der Waals surface area contributed by atoms with E-state index in [2.05, 4.69) is 25.5 Å². The Morgan fingerprint density at radius 1 is 1.13 bits per heavy atom. The summed E-state index contributed by atoms with van der Waals surface area (Å²) < 4.78 is 5.41. The van der Waals surface area contributed by atoms with Crippen molar-refractivity contribution in [3.05, 3.63) is 48.7 Å². The van der Waals surface area contributed by atoms with Gasteiger partial charge < -0.3 is 19.9 Å². The maximum atomic E-state index is 12.7. The summed E-state index contributed by atoms with van der Waals surface area (Å²) in [5.41, 5.74) is 0.639. The summed E-state index contributed by atoms with van der Waals surface area (Å²) in [6.45, 7) is 5.38. The first-order valence-corrected chi connectivity index (χ1v) is 10.4. The number of hydrogen-bond donors (Lipinski definition) is 2. The van der Waals surface area contributed by atoms with E-state index in [4.69, 9.17) is 4.74 Å². The molecule has 0 aliphatic carbocycles. The number of carbonyl (C=O) groups is 2. The van der Waals surface area contributed by atoms with Crippen molar-refractivity contribution in [1.29, 1.82) is 0 Å². The highest BCUT2D eigenvalue weighted by molar-refractivity contribution is 6.06. The van der Waals surface area contributed by atoms with Gasteiger partial charge in [0.05, 0.1) is 13.0 Å². The van der Waals surface area contributed by atoms with Crippen molar-refractivity contribution < 1.29 is 14.3 Å². The zero-order valence-corrected chi connectivity index (χ0v) is 17.5. The molecule has 0 saturated carbocycles. The van der Waals surface area contributed by atoms with Crippen molar-refractivity contribution in [3.8, 4) is 5.75 Å². The molecule has 1 atom stereocenters. The molecule has 162 valence electrons. The monoisotopic (exact) mass is 422 g/mol. The third-order valence-electron chi connectivity index (χ3n) is 5.20. The fraction of sp³-hybridized carbons (Fsp3) is 0.364. The van der Waals surface area contributed by atoms with Crippen molar-refractivity contribution >= 4 is 29.3 Å². The molecular formula is C22H26N6O3. The number of hydrogen-bond acceptors (Lipinski definition) is 7. The van der Waals surface area contributed by atoms with Gasteiger partial charge in [-0.15, -0.1) is 0 Å². The average Bonchev–Trinajstić information content (AvgIpc) is 2.81. The van der Waals surface area contributed by atoms with Gasteiger partial charge in [0.25, 0.3) is 0 Å². The van der Waals surface area contributed by atoms with Crippen LogP contribution in [0.2, 0.25) is 0 Å². The molecule has 2 aliphatic rings. The molecule has 1 unspecified atom stereocenters. The number of aromatic nitrogens is 1. The highest BCUT2D eigenvalue weighted by Gasteiger charge is 2.30. The smallest absolute Gasteiger partial charge is 0.249 e. The molecule has 2 amide bonds. The number of carbonyl (C=O) groups excluding carboxylic acids is 2.